The lowest BCUT2D eigenvalue weighted by Gasteiger charge is -2.25. The molecule has 5 heteroatoms. The fourth-order valence-electron chi connectivity index (χ4n) is 2.56. The summed E-state index contributed by atoms with van der Waals surface area (Å²) in [6, 6.07) is 3.06. The Balaban J connectivity index is 2.39. The van der Waals surface area contributed by atoms with E-state index < -0.39 is 11.7 Å². The number of hydrogen-bond acceptors (Lipinski definition) is 2. The zero-order valence-corrected chi connectivity index (χ0v) is 12.5. The molecule has 0 saturated carbocycles. The van der Waals surface area contributed by atoms with Crippen LogP contribution in [0.2, 0.25) is 0 Å². The van der Waals surface area contributed by atoms with Crippen molar-refractivity contribution >= 4 is 27.5 Å². The summed E-state index contributed by atoms with van der Waals surface area (Å²) >= 11 is 3.28. The maximum absolute atomic E-state index is 13.9. The average molecular weight is 329 g/mol. The van der Waals surface area contributed by atoms with E-state index in [-0.39, 0.29) is 5.56 Å². The van der Waals surface area contributed by atoms with E-state index in [0.717, 1.165) is 25.9 Å². The van der Waals surface area contributed by atoms with Crippen LogP contribution in [0.1, 0.15) is 36.5 Å². The van der Waals surface area contributed by atoms with Gasteiger partial charge in [0.2, 0.25) is 0 Å². The van der Waals surface area contributed by atoms with Crippen LogP contribution in [-0.2, 0) is 0 Å². The van der Waals surface area contributed by atoms with Crippen LogP contribution in [-0.4, -0.2) is 19.0 Å². The Morgan fingerprint density at radius 2 is 2.16 bits per heavy atom. The summed E-state index contributed by atoms with van der Waals surface area (Å²) in [6.07, 6.45) is 3.26. The first-order valence-electron chi connectivity index (χ1n) is 6.53. The third kappa shape index (κ3) is 3.26. The average Bonchev–Trinajstić information content (AvgIpc) is 2.52. The first-order valence-corrected chi connectivity index (χ1v) is 7.32. The number of carbonyl (C=O) groups is 1. The van der Waals surface area contributed by atoms with E-state index in [1.54, 1.807) is 6.07 Å². The third-order valence-electron chi connectivity index (χ3n) is 3.64. The molecule has 2 rings (SSSR count). The Hall–Kier alpha value is -1.10. The number of hydrogen-bond donors (Lipinski definition) is 1. The van der Waals surface area contributed by atoms with Gasteiger partial charge in [-0.2, -0.15) is 0 Å². The molecule has 1 unspecified atom stereocenters. The van der Waals surface area contributed by atoms with Gasteiger partial charge in [-0.3, -0.25) is 4.79 Å². The van der Waals surface area contributed by atoms with Crippen molar-refractivity contribution in [1.82, 2.24) is 0 Å². The highest BCUT2D eigenvalue weighted by atomic mass is 79.9. The standard InChI is InChI=1S/C14H18BrFN2O/c1-9-3-2-5-18(6-4-9)12-8-10(15)7-11(16)13(12)14(17)19/h7-9H,2-6H2,1H3,(H2,17,19). The second-order valence-corrected chi connectivity index (χ2v) is 6.08. The number of rotatable bonds is 2. The van der Waals surface area contributed by atoms with E-state index >= 15 is 0 Å². The molecule has 1 fully saturated rings. The maximum Gasteiger partial charge on any atom is 0.253 e. The molecule has 1 aliphatic rings. The molecule has 3 nitrogen and oxygen atoms in total. The number of nitrogens with two attached hydrogens (primary N) is 1. The van der Waals surface area contributed by atoms with Crippen LogP contribution in [0.4, 0.5) is 10.1 Å². The van der Waals surface area contributed by atoms with Crippen molar-refractivity contribution in [2.75, 3.05) is 18.0 Å². The number of primary amides is 1. The normalized spacial score (nSPS) is 20.2. The van der Waals surface area contributed by atoms with Crippen LogP contribution in [0.25, 0.3) is 0 Å². The minimum atomic E-state index is -0.711. The quantitative estimate of drug-likeness (QED) is 0.905. The third-order valence-corrected chi connectivity index (χ3v) is 4.10. The van der Waals surface area contributed by atoms with Crippen molar-refractivity contribution in [1.29, 1.82) is 0 Å². The summed E-state index contributed by atoms with van der Waals surface area (Å²) in [6.45, 7) is 3.89. The summed E-state index contributed by atoms with van der Waals surface area (Å²) in [7, 11) is 0. The van der Waals surface area contributed by atoms with E-state index in [0.29, 0.717) is 16.1 Å². The molecule has 0 bridgehead atoms. The second kappa shape index (κ2) is 5.90. The molecule has 1 amide bonds. The minimum absolute atomic E-state index is 0.00208. The predicted molar refractivity (Wildman–Crippen MR) is 77.8 cm³/mol. The largest absolute Gasteiger partial charge is 0.371 e. The maximum atomic E-state index is 13.9. The number of benzene rings is 1. The number of halogens is 2. The van der Waals surface area contributed by atoms with Crippen molar-refractivity contribution in [2.24, 2.45) is 11.7 Å². The monoisotopic (exact) mass is 328 g/mol. The minimum Gasteiger partial charge on any atom is -0.371 e. The Morgan fingerprint density at radius 3 is 2.84 bits per heavy atom. The van der Waals surface area contributed by atoms with Gasteiger partial charge in [0.25, 0.3) is 5.91 Å². The lowest BCUT2D eigenvalue weighted by Crippen LogP contribution is -2.28. The highest BCUT2D eigenvalue weighted by Crippen LogP contribution is 2.30. The molecule has 1 aliphatic heterocycles. The van der Waals surface area contributed by atoms with Crippen molar-refractivity contribution in [3.05, 3.63) is 28.0 Å². The fourth-order valence-corrected chi connectivity index (χ4v) is 2.98. The van der Waals surface area contributed by atoms with Crippen LogP contribution in [0.5, 0.6) is 0 Å². The van der Waals surface area contributed by atoms with Crippen molar-refractivity contribution in [3.63, 3.8) is 0 Å². The SMILES string of the molecule is CC1CCCN(c2cc(Br)cc(F)c2C(N)=O)CC1. The van der Waals surface area contributed by atoms with Crippen molar-refractivity contribution in [2.45, 2.75) is 26.2 Å². The number of amides is 1. The molecule has 1 heterocycles. The summed E-state index contributed by atoms with van der Waals surface area (Å²) in [4.78, 5) is 13.6. The summed E-state index contributed by atoms with van der Waals surface area (Å²) in [5.74, 6) is -0.606. The molecular formula is C14H18BrFN2O. The molecule has 104 valence electrons. The molecule has 1 atom stereocenters. The zero-order valence-electron chi connectivity index (χ0n) is 11.0. The summed E-state index contributed by atoms with van der Waals surface area (Å²) in [5, 5.41) is 0. The first kappa shape index (κ1) is 14.3. The molecule has 19 heavy (non-hydrogen) atoms. The highest BCUT2D eigenvalue weighted by Gasteiger charge is 2.22. The molecule has 2 N–H and O–H groups in total. The van der Waals surface area contributed by atoms with Crippen LogP contribution in [0, 0.1) is 11.7 Å². The first-order chi connectivity index (χ1) is 8.99. The Kier molecular flexibility index (Phi) is 4.45. The van der Waals surface area contributed by atoms with Gasteiger partial charge in [-0.1, -0.05) is 22.9 Å². The van der Waals surface area contributed by atoms with E-state index in [4.69, 9.17) is 5.73 Å². The molecule has 1 aromatic carbocycles. The van der Waals surface area contributed by atoms with Gasteiger partial charge in [0.05, 0.1) is 11.3 Å². The van der Waals surface area contributed by atoms with Crippen LogP contribution >= 0.6 is 15.9 Å². The number of carbonyl (C=O) groups excluding carboxylic acids is 1. The zero-order chi connectivity index (χ0) is 14.0. The van der Waals surface area contributed by atoms with Crippen LogP contribution in [0.15, 0.2) is 16.6 Å². The Labute approximate surface area is 121 Å². The fraction of sp³-hybridized carbons (Fsp3) is 0.500. The highest BCUT2D eigenvalue weighted by molar-refractivity contribution is 9.10. The van der Waals surface area contributed by atoms with Gasteiger partial charge in [-0.25, -0.2) is 4.39 Å². The topological polar surface area (TPSA) is 46.3 Å². The Bertz CT molecular complexity index is 493. The summed E-state index contributed by atoms with van der Waals surface area (Å²) in [5.41, 5.74) is 5.92. The summed E-state index contributed by atoms with van der Waals surface area (Å²) < 4.78 is 14.6. The lowest BCUT2D eigenvalue weighted by molar-refractivity contribution is 0.0997. The predicted octanol–water partition coefficient (Wildman–Crippen LogP) is 3.31. The molecule has 0 aliphatic carbocycles. The van der Waals surface area contributed by atoms with Gasteiger partial charge in [0, 0.05) is 17.6 Å². The van der Waals surface area contributed by atoms with Crippen LogP contribution in [0.3, 0.4) is 0 Å². The Morgan fingerprint density at radius 1 is 1.42 bits per heavy atom. The van der Waals surface area contributed by atoms with E-state index in [1.165, 1.54) is 12.5 Å². The molecular weight excluding hydrogens is 311 g/mol. The smallest absolute Gasteiger partial charge is 0.253 e. The molecule has 0 radical (unpaired) electrons. The second-order valence-electron chi connectivity index (χ2n) is 5.17. The van der Waals surface area contributed by atoms with Gasteiger partial charge in [0.15, 0.2) is 0 Å². The van der Waals surface area contributed by atoms with E-state index in [2.05, 4.69) is 27.8 Å². The van der Waals surface area contributed by atoms with Gasteiger partial charge >= 0.3 is 0 Å². The molecule has 1 aromatic rings. The van der Waals surface area contributed by atoms with E-state index in [9.17, 15) is 9.18 Å². The number of nitrogens with zero attached hydrogens (tertiary/aromatic N) is 1. The van der Waals surface area contributed by atoms with Gasteiger partial charge in [0.1, 0.15) is 5.82 Å². The van der Waals surface area contributed by atoms with Crippen molar-refractivity contribution < 1.29 is 9.18 Å². The van der Waals surface area contributed by atoms with E-state index in [1.807, 2.05) is 0 Å². The van der Waals surface area contributed by atoms with Crippen molar-refractivity contribution in [3.8, 4) is 0 Å². The van der Waals surface area contributed by atoms with Gasteiger partial charge in [-0.15, -0.1) is 0 Å². The molecule has 0 spiro atoms. The number of anilines is 1. The van der Waals surface area contributed by atoms with Crippen LogP contribution < -0.4 is 10.6 Å². The lowest BCUT2D eigenvalue weighted by atomic mass is 10.0. The van der Waals surface area contributed by atoms with Gasteiger partial charge in [-0.05, 0) is 37.3 Å². The van der Waals surface area contributed by atoms with Gasteiger partial charge < -0.3 is 10.6 Å². The molecule has 0 aromatic heterocycles. The molecule has 1 saturated heterocycles.